The zero-order chi connectivity index (χ0) is 14.4. The molecule has 0 aliphatic heterocycles. The molecule has 0 aliphatic rings. The lowest BCUT2D eigenvalue weighted by Gasteiger charge is -2.10. The largest absolute Gasteiger partial charge is 0.496 e. The second kappa shape index (κ2) is 6.63. The van der Waals surface area contributed by atoms with Gasteiger partial charge in [-0.2, -0.15) is 0 Å². The lowest BCUT2D eigenvalue weighted by molar-refractivity contribution is 0.300. The molecule has 0 radical (unpaired) electrons. The highest BCUT2D eigenvalue weighted by Gasteiger charge is 2.03. The lowest BCUT2D eigenvalue weighted by Crippen LogP contribution is -2.08. The molecule has 1 aromatic heterocycles. The molecule has 2 aromatic rings. The van der Waals surface area contributed by atoms with Gasteiger partial charge in [0.1, 0.15) is 29.7 Å². The van der Waals surface area contributed by atoms with Crippen molar-refractivity contribution in [1.29, 1.82) is 0 Å². The number of nitrogens with two attached hydrogens (primary N) is 1. The predicted octanol–water partition coefficient (Wildman–Crippen LogP) is 1.96. The average molecular weight is 275 g/mol. The van der Waals surface area contributed by atoms with Crippen LogP contribution in [0.15, 0.2) is 36.5 Å². The van der Waals surface area contributed by atoms with Crippen LogP contribution in [-0.4, -0.2) is 19.2 Å². The van der Waals surface area contributed by atoms with Gasteiger partial charge in [-0.25, -0.2) is 10.8 Å². The Labute approximate surface area is 117 Å². The predicted molar refractivity (Wildman–Crippen MR) is 75.9 cm³/mol. The van der Waals surface area contributed by atoms with E-state index in [1.165, 1.54) is 0 Å². The summed E-state index contributed by atoms with van der Waals surface area (Å²) in [5.41, 5.74) is 3.41. The van der Waals surface area contributed by atoms with E-state index in [0.717, 1.165) is 5.56 Å². The van der Waals surface area contributed by atoms with Crippen molar-refractivity contribution in [1.82, 2.24) is 4.98 Å². The Morgan fingerprint density at radius 2 is 1.70 bits per heavy atom. The normalized spacial score (nSPS) is 9.95. The highest BCUT2D eigenvalue weighted by Crippen LogP contribution is 2.27. The van der Waals surface area contributed by atoms with Crippen LogP contribution in [0.5, 0.6) is 17.2 Å². The van der Waals surface area contributed by atoms with E-state index in [1.807, 2.05) is 6.07 Å². The van der Waals surface area contributed by atoms with Crippen molar-refractivity contribution in [2.24, 2.45) is 5.84 Å². The highest BCUT2D eigenvalue weighted by atomic mass is 16.5. The summed E-state index contributed by atoms with van der Waals surface area (Å²) >= 11 is 0. The Bertz CT molecular complexity index is 536. The number of pyridine rings is 1. The Kier molecular flexibility index (Phi) is 4.62. The van der Waals surface area contributed by atoms with Gasteiger partial charge in [0, 0.05) is 30.0 Å². The first kappa shape index (κ1) is 14.0. The molecule has 1 heterocycles. The first-order valence-corrected chi connectivity index (χ1v) is 6.02. The van der Waals surface area contributed by atoms with Crippen molar-refractivity contribution in [3.05, 3.63) is 42.1 Å². The molecule has 106 valence electrons. The number of nitrogens with one attached hydrogen (secondary N) is 1. The first-order valence-electron chi connectivity index (χ1n) is 6.02. The molecule has 1 aromatic carbocycles. The maximum atomic E-state index is 5.70. The third-order valence-electron chi connectivity index (χ3n) is 2.70. The SMILES string of the molecule is COc1cc(OC)cc(OCc2ccc(NN)nc2)c1. The molecule has 0 saturated heterocycles. The zero-order valence-corrected chi connectivity index (χ0v) is 11.4. The maximum Gasteiger partial charge on any atom is 0.139 e. The Hall–Kier alpha value is -2.47. The van der Waals surface area contributed by atoms with Gasteiger partial charge in [0.05, 0.1) is 14.2 Å². The number of aromatic nitrogens is 1. The Balaban J connectivity index is 2.05. The molecule has 0 aliphatic carbocycles. The molecule has 0 atom stereocenters. The quantitative estimate of drug-likeness (QED) is 0.620. The molecule has 6 heteroatoms. The number of anilines is 1. The molecular weight excluding hydrogens is 258 g/mol. The number of nitrogen functional groups attached to an aromatic ring is 1. The fraction of sp³-hybridized carbons (Fsp3) is 0.214. The molecule has 0 amide bonds. The van der Waals surface area contributed by atoms with E-state index < -0.39 is 0 Å². The number of ether oxygens (including phenoxy) is 3. The van der Waals surface area contributed by atoms with Crippen LogP contribution in [0.25, 0.3) is 0 Å². The fourth-order valence-corrected chi connectivity index (χ4v) is 1.63. The first-order chi connectivity index (χ1) is 9.75. The van der Waals surface area contributed by atoms with E-state index in [0.29, 0.717) is 29.7 Å². The summed E-state index contributed by atoms with van der Waals surface area (Å²) in [5, 5.41) is 0. The van der Waals surface area contributed by atoms with Crippen molar-refractivity contribution in [2.45, 2.75) is 6.61 Å². The van der Waals surface area contributed by atoms with Crippen LogP contribution >= 0.6 is 0 Å². The summed E-state index contributed by atoms with van der Waals surface area (Å²) in [6.07, 6.45) is 1.70. The number of hydrogen-bond acceptors (Lipinski definition) is 6. The van der Waals surface area contributed by atoms with Gasteiger partial charge >= 0.3 is 0 Å². The van der Waals surface area contributed by atoms with Crippen LogP contribution < -0.4 is 25.5 Å². The van der Waals surface area contributed by atoms with E-state index in [4.69, 9.17) is 20.1 Å². The van der Waals surface area contributed by atoms with Crippen molar-refractivity contribution < 1.29 is 14.2 Å². The maximum absolute atomic E-state index is 5.70. The third kappa shape index (κ3) is 3.52. The molecule has 3 N–H and O–H groups in total. The molecular formula is C14H17N3O3. The van der Waals surface area contributed by atoms with Crippen LogP contribution in [0.4, 0.5) is 5.82 Å². The summed E-state index contributed by atoms with van der Waals surface area (Å²) in [7, 11) is 3.20. The summed E-state index contributed by atoms with van der Waals surface area (Å²) in [4.78, 5) is 4.11. The van der Waals surface area contributed by atoms with Crippen LogP contribution in [0.2, 0.25) is 0 Å². The van der Waals surface area contributed by atoms with Gasteiger partial charge in [-0.3, -0.25) is 0 Å². The minimum Gasteiger partial charge on any atom is -0.496 e. The van der Waals surface area contributed by atoms with Gasteiger partial charge < -0.3 is 19.6 Å². The van der Waals surface area contributed by atoms with Crippen molar-refractivity contribution >= 4 is 5.82 Å². The standard InChI is InChI=1S/C14H17N3O3/c1-18-11-5-12(19-2)7-13(6-11)20-9-10-3-4-14(17-15)16-8-10/h3-8H,9,15H2,1-2H3,(H,16,17). The van der Waals surface area contributed by atoms with Gasteiger partial charge in [0.15, 0.2) is 0 Å². The highest BCUT2D eigenvalue weighted by molar-refractivity contribution is 5.42. The van der Waals surface area contributed by atoms with Crippen molar-refractivity contribution in [3.63, 3.8) is 0 Å². The third-order valence-corrected chi connectivity index (χ3v) is 2.70. The van der Waals surface area contributed by atoms with Crippen LogP contribution in [-0.2, 0) is 6.61 Å². The molecule has 0 unspecified atom stereocenters. The van der Waals surface area contributed by atoms with E-state index in [1.54, 1.807) is 44.7 Å². The molecule has 0 fully saturated rings. The number of benzene rings is 1. The summed E-state index contributed by atoms with van der Waals surface area (Å²) in [5.74, 6) is 7.90. The van der Waals surface area contributed by atoms with Gasteiger partial charge in [0.2, 0.25) is 0 Å². The lowest BCUT2D eigenvalue weighted by atomic mass is 10.3. The van der Waals surface area contributed by atoms with Crippen molar-refractivity contribution in [2.75, 3.05) is 19.6 Å². The molecule has 0 saturated carbocycles. The summed E-state index contributed by atoms with van der Waals surface area (Å²) in [6.45, 7) is 0.397. The van der Waals surface area contributed by atoms with Crippen LogP contribution in [0, 0.1) is 0 Å². The second-order valence-corrected chi connectivity index (χ2v) is 4.03. The van der Waals surface area contributed by atoms with Gasteiger partial charge in [-0.05, 0) is 6.07 Å². The molecule has 2 rings (SSSR count). The molecule has 0 spiro atoms. The second-order valence-electron chi connectivity index (χ2n) is 4.03. The van der Waals surface area contributed by atoms with E-state index in [2.05, 4.69) is 10.4 Å². The minimum absolute atomic E-state index is 0.397. The number of hydrazine groups is 1. The number of rotatable bonds is 6. The van der Waals surface area contributed by atoms with Gasteiger partial charge in [-0.1, -0.05) is 6.07 Å². The zero-order valence-electron chi connectivity index (χ0n) is 11.4. The Morgan fingerprint density at radius 1 is 1.05 bits per heavy atom. The number of methoxy groups -OCH3 is 2. The smallest absolute Gasteiger partial charge is 0.139 e. The van der Waals surface area contributed by atoms with E-state index in [9.17, 15) is 0 Å². The fourth-order valence-electron chi connectivity index (χ4n) is 1.63. The van der Waals surface area contributed by atoms with E-state index >= 15 is 0 Å². The minimum atomic E-state index is 0.397. The van der Waals surface area contributed by atoms with Gasteiger partial charge in [0.25, 0.3) is 0 Å². The molecule has 0 bridgehead atoms. The van der Waals surface area contributed by atoms with E-state index in [-0.39, 0.29) is 0 Å². The van der Waals surface area contributed by atoms with Gasteiger partial charge in [-0.15, -0.1) is 0 Å². The van der Waals surface area contributed by atoms with Crippen LogP contribution in [0.1, 0.15) is 5.56 Å². The monoisotopic (exact) mass is 275 g/mol. The number of nitrogens with zero attached hydrogens (tertiary/aromatic N) is 1. The summed E-state index contributed by atoms with van der Waals surface area (Å²) < 4.78 is 16.1. The van der Waals surface area contributed by atoms with Crippen LogP contribution in [0.3, 0.4) is 0 Å². The summed E-state index contributed by atoms with van der Waals surface area (Å²) in [6, 6.07) is 9.05. The molecule has 6 nitrogen and oxygen atoms in total. The topological polar surface area (TPSA) is 78.6 Å². The number of hydrogen-bond donors (Lipinski definition) is 2. The van der Waals surface area contributed by atoms with Crippen molar-refractivity contribution in [3.8, 4) is 17.2 Å². The molecule has 20 heavy (non-hydrogen) atoms. The average Bonchev–Trinajstić information content (AvgIpc) is 2.53. The Morgan fingerprint density at radius 3 is 2.20 bits per heavy atom.